The summed E-state index contributed by atoms with van der Waals surface area (Å²) in [6, 6.07) is 18.4. The van der Waals surface area contributed by atoms with Gasteiger partial charge in [-0.3, -0.25) is 9.98 Å². The molecule has 31 heavy (non-hydrogen) atoms. The summed E-state index contributed by atoms with van der Waals surface area (Å²) >= 11 is 1.55. The number of pyridine rings is 1. The van der Waals surface area contributed by atoms with Gasteiger partial charge in [0.2, 0.25) is 5.13 Å². The third-order valence-corrected chi connectivity index (χ3v) is 6.84. The summed E-state index contributed by atoms with van der Waals surface area (Å²) in [7, 11) is -4.36. The maximum Gasteiger partial charge on any atom is 0.312 e. The van der Waals surface area contributed by atoms with Crippen LogP contribution in [-0.4, -0.2) is 28.7 Å². The molecule has 0 bridgehead atoms. The molecule has 2 aromatic carbocycles. The van der Waals surface area contributed by atoms with E-state index in [1.165, 1.54) is 11.6 Å². The van der Waals surface area contributed by atoms with Crippen molar-refractivity contribution in [1.29, 1.82) is 0 Å². The number of thiazole rings is 1. The number of aromatic nitrogens is 2. The fraction of sp³-hybridized carbons (Fsp3) is 0.136. The molecule has 0 unspecified atom stereocenters. The van der Waals surface area contributed by atoms with Gasteiger partial charge in [0, 0.05) is 11.1 Å². The minimum absolute atomic E-state index is 0.367. The summed E-state index contributed by atoms with van der Waals surface area (Å²) in [6.45, 7) is 0. The molecule has 156 valence electrons. The first-order chi connectivity index (χ1) is 15.0. The Kier molecular flexibility index (Phi) is 5.01. The molecular weight excluding hydrogens is 432 g/mol. The van der Waals surface area contributed by atoms with Crippen LogP contribution in [0.1, 0.15) is 24.0 Å². The molecule has 2 aromatic heterocycles. The molecule has 0 radical (unpaired) electrons. The van der Waals surface area contributed by atoms with Crippen LogP contribution in [0.5, 0.6) is 0 Å². The summed E-state index contributed by atoms with van der Waals surface area (Å²) in [5.41, 5.74) is 8.39. The second-order valence-electron chi connectivity index (χ2n) is 7.22. The van der Waals surface area contributed by atoms with Crippen LogP contribution in [0.15, 0.2) is 70.8 Å². The zero-order valence-corrected chi connectivity index (χ0v) is 17.9. The number of hydrogen-bond acceptors (Lipinski definition) is 7. The van der Waals surface area contributed by atoms with Crippen molar-refractivity contribution in [2.45, 2.75) is 24.3 Å². The highest BCUT2D eigenvalue weighted by Crippen LogP contribution is 2.29. The van der Waals surface area contributed by atoms with Crippen LogP contribution in [0, 0.1) is 0 Å². The van der Waals surface area contributed by atoms with E-state index < -0.39 is 10.1 Å². The summed E-state index contributed by atoms with van der Waals surface area (Å²) in [5, 5.41) is 5.01. The topological polar surface area (TPSA) is 105 Å². The lowest BCUT2D eigenvalue weighted by Gasteiger charge is -2.19. The highest BCUT2D eigenvalue weighted by molar-refractivity contribution is 7.85. The molecule has 1 aliphatic carbocycles. The number of rotatable bonds is 4. The molecule has 0 aliphatic heterocycles. The lowest BCUT2D eigenvalue weighted by molar-refractivity contribution is 0.479. The van der Waals surface area contributed by atoms with Crippen LogP contribution in [0.2, 0.25) is 0 Å². The van der Waals surface area contributed by atoms with Crippen LogP contribution in [0.25, 0.3) is 21.5 Å². The molecular formula is C22H18N4O3S2. The molecule has 0 atom stereocenters. The zero-order valence-electron chi connectivity index (χ0n) is 16.3. The van der Waals surface area contributed by atoms with Gasteiger partial charge in [-0.1, -0.05) is 41.7 Å². The Bertz CT molecular complexity index is 1390. The van der Waals surface area contributed by atoms with Gasteiger partial charge in [0.15, 0.2) is 5.03 Å². The molecule has 2 heterocycles. The van der Waals surface area contributed by atoms with Crippen molar-refractivity contribution in [3.05, 3.63) is 71.8 Å². The van der Waals surface area contributed by atoms with E-state index in [1.54, 1.807) is 23.5 Å². The van der Waals surface area contributed by atoms with E-state index in [0.29, 0.717) is 5.69 Å². The molecule has 0 fully saturated rings. The average Bonchev–Trinajstić information content (AvgIpc) is 3.20. The van der Waals surface area contributed by atoms with Crippen LogP contribution in [0.3, 0.4) is 0 Å². The number of para-hydroxylation sites is 1. The average molecular weight is 451 g/mol. The second-order valence-corrected chi connectivity index (χ2v) is 9.62. The predicted octanol–water partition coefficient (Wildman–Crippen LogP) is 4.76. The van der Waals surface area contributed by atoms with E-state index >= 15 is 0 Å². The van der Waals surface area contributed by atoms with E-state index in [1.807, 2.05) is 42.5 Å². The highest BCUT2D eigenvalue weighted by Gasteiger charge is 2.18. The molecule has 0 saturated heterocycles. The minimum atomic E-state index is -4.36. The van der Waals surface area contributed by atoms with E-state index in [4.69, 9.17) is 0 Å². The molecule has 0 amide bonds. The zero-order chi connectivity index (χ0) is 21.4. The Morgan fingerprint density at radius 2 is 1.87 bits per heavy atom. The summed E-state index contributed by atoms with van der Waals surface area (Å²) in [5.74, 6) is 0. The van der Waals surface area contributed by atoms with Crippen molar-refractivity contribution in [3.63, 3.8) is 0 Å². The normalized spacial score (nSPS) is 15.2. The van der Waals surface area contributed by atoms with Gasteiger partial charge in [0.25, 0.3) is 0 Å². The fourth-order valence-electron chi connectivity index (χ4n) is 3.67. The van der Waals surface area contributed by atoms with Gasteiger partial charge in [-0.15, -0.1) is 0 Å². The third kappa shape index (κ3) is 4.07. The van der Waals surface area contributed by atoms with Crippen LogP contribution in [0.4, 0.5) is 5.13 Å². The molecule has 0 saturated carbocycles. The summed E-state index contributed by atoms with van der Waals surface area (Å²) < 4.78 is 33.3. The maximum absolute atomic E-state index is 11.4. The number of hydrazone groups is 1. The first-order valence-corrected chi connectivity index (χ1v) is 12.0. The van der Waals surface area contributed by atoms with Gasteiger partial charge in [-0.2, -0.15) is 13.5 Å². The quantitative estimate of drug-likeness (QED) is 0.343. The van der Waals surface area contributed by atoms with Crippen molar-refractivity contribution >= 4 is 42.5 Å². The van der Waals surface area contributed by atoms with Crippen LogP contribution in [-0.2, 0) is 16.5 Å². The molecule has 1 aliphatic rings. The molecule has 5 rings (SSSR count). The minimum Gasteiger partial charge on any atom is -0.281 e. The first kappa shape index (κ1) is 19.8. The number of benzene rings is 2. The summed E-state index contributed by atoms with van der Waals surface area (Å²) in [4.78, 5) is 8.66. The van der Waals surface area contributed by atoms with Gasteiger partial charge >= 0.3 is 10.1 Å². The van der Waals surface area contributed by atoms with E-state index in [0.717, 1.165) is 51.4 Å². The number of nitrogens with one attached hydrogen (secondary N) is 1. The Balaban J connectivity index is 1.49. The molecule has 2 N–H and O–H groups in total. The first-order valence-electron chi connectivity index (χ1n) is 9.74. The SMILES string of the molecule is O=S(=O)(O)c1cccc(-c2ccc3c(c2)/C(=N/Nc2nc4ccccc4s2)CCC3)n1. The molecule has 0 spiro atoms. The van der Waals surface area contributed by atoms with Gasteiger partial charge in [-0.05, 0) is 55.2 Å². The van der Waals surface area contributed by atoms with Gasteiger partial charge in [0.1, 0.15) is 0 Å². The standard InChI is InChI=1S/C22H18N4O3S2/c27-31(28,29)21-10-4-7-17(23-21)15-12-11-14-5-3-8-18(16(14)13-15)25-26-22-24-19-6-1-2-9-20(19)30-22/h1-2,4,6-7,9-13H,3,5,8H2,(H,24,26)(H,27,28,29)/b25-18+. The van der Waals surface area contributed by atoms with Crippen molar-refractivity contribution in [2.24, 2.45) is 5.10 Å². The highest BCUT2D eigenvalue weighted by atomic mass is 32.2. The van der Waals surface area contributed by atoms with Gasteiger partial charge in [0.05, 0.1) is 21.6 Å². The maximum atomic E-state index is 11.4. The van der Waals surface area contributed by atoms with E-state index in [9.17, 15) is 13.0 Å². The van der Waals surface area contributed by atoms with E-state index in [2.05, 4.69) is 20.5 Å². The predicted molar refractivity (Wildman–Crippen MR) is 122 cm³/mol. The van der Waals surface area contributed by atoms with E-state index in [-0.39, 0.29) is 5.03 Å². The smallest absolute Gasteiger partial charge is 0.281 e. The number of aryl methyl sites for hydroxylation is 1. The molecule has 4 aromatic rings. The van der Waals surface area contributed by atoms with Crippen molar-refractivity contribution in [1.82, 2.24) is 9.97 Å². The van der Waals surface area contributed by atoms with Crippen molar-refractivity contribution in [2.75, 3.05) is 5.43 Å². The monoisotopic (exact) mass is 450 g/mol. The second kappa shape index (κ2) is 7.84. The van der Waals surface area contributed by atoms with Gasteiger partial charge in [-0.25, -0.2) is 9.97 Å². The molecule has 9 heteroatoms. The van der Waals surface area contributed by atoms with Crippen LogP contribution >= 0.6 is 11.3 Å². The Morgan fingerprint density at radius 1 is 1.00 bits per heavy atom. The number of hydrogen-bond donors (Lipinski definition) is 2. The van der Waals surface area contributed by atoms with Gasteiger partial charge < -0.3 is 0 Å². The van der Waals surface area contributed by atoms with Crippen LogP contribution < -0.4 is 5.43 Å². The fourth-order valence-corrected chi connectivity index (χ4v) is 4.95. The number of nitrogens with zero attached hydrogens (tertiary/aromatic N) is 3. The Hall–Kier alpha value is -3.14. The third-order valence-electron chi connectivity index (χ3n) is 5.14. The van der Waals surface area contributed by atoms with Crippen molar-refractivity contribution in [3.8, 4) is 11.3 Å². The summed E-state index contributed by atoms with van der Waals surface area (Å²) in [6.07, 6.45) is 2.78. The lowest BCUT2D eigenvalue weighted by atomic mass is 9.88. The lowest BCUT2D eigenvalue weighted by Crippen LogP contribution is -2.14. The number of anilines is 1. The largest absolute Gasteiger partial charge is 0.312 e. The Labute approximate surface area is 183 Å². The Morgan fingerprint density at radius 3 is 2.71 bits per heavy atom. The number of fused-ring (bicyclic) bond motifs is 2. The van der Waals surface area contributed by atoms with Crippen molar-refractivity contribution < 1.29 is 13.0 Å². The molecule has 7 nitrogen and oxygen atoms in total.